The molecule has 2 N–H and O–H groups in total. The Morgan fingerprint density at radius 2 is 1.64 bits per heavy atom. The van der Waals surface area contributed by atoms with Crippen LogP contribution in [0.1, 0.15) is 13.8 Å². The van der Waals surface area contributed by atoms with Crippen LogP contribution in [0, 0.1) is 5.92 Å². The molecule has 0 fully saturated rings. The molecule has 1 atom stereocenters. The molecule has 1 unspecified atom stereocenters. The van der Waals surface area contributed by atoms with E-state index in [2.05, 4.69) is 0 Å². The molecule has 0 aliphatic carbocycles. The van der Waals surface area contributed by atoms with Crippen molar-refractivity contribution >= 4 is 11.9 Å². The predicted octanol–water partition coefficient (Wildman–Crippen LogP) is 1.68. The molecular weight excluding hydrogens is 422 g/mol. The molecule has 0 aliphatic heterocycles. The van der Waals surface area contributed by atoms with E-state index in [1.165, 1.54) is 5.32 Å². The van der Waals surface area contributed by atoms with Gasteiger partial charge in [0.1, 0.15) is 17.6 Å². The number of esters is 1. The van der Waals surface area contributed by atoms with Gasteiger partial charge in [0.25, 0.3) is 0 Å². The Bertz CT molecular complexity index is 610. The number of ether oxygens (including phenoxy) is 3. The van der Waals surface area contributed by atoms with Crippen LogP contribution >= 0.6 is 0 Å². The molecule has 11 heteroatoms. The standard InChI is InChI=1S/C17H22F3NO6.V/c1-11(2)9-25-12-3-5-13(6-4-12)26-10-15(23)27-14(8-22)7-21-16(24)17(18,19)20;/h3-6,11,14,22H,7-10H2,1-2H3,(H,21,24);. The van der Waals surface area contributed by atoms with Crippen molar-refractivity contribution in [2.24, 2.45) is 5.92 Å². The monoisotopic (exact) mass is 444 g/mol. The van der Waals surface area contributed by atoms with Crippen LogP contribution in [0.25, 0.3) is 0 Å². The molecule has 0 bridgehead atoms. The first-order valence-electron chi connectivity index (χ1n) is 8.12. The van der Waals surface area contributed by atoms with E-state index in [-0.39, 0.29) is 18.6 Å². The molecule has 1 radical (unpaired) electrons. The number of halogens is 3. The Labute approximate surface area is 172 Å². The van der Waals surface area contributed by atoms with Gasteiger partial charge in [-0.15, -0.1) is 0 Å². The molecule has 0 heterocycles. The summed E-state index contributed by atoms with van der Waals surface area (Å²) in [5.74, 6) is -1.73. The van der Waals surface area contributed by atoms with E-state index in [1.54, 1.807) is 24.3 Å². The number of aliphatic hydroxyl groups excluding tert-OH is 1. The first-order valence-corrected chi connectivity index (χ1v) is 8.12. The number of hydrogen-bond donors (Lipinski definition) is 2. The smallest absolute Gasteiger partial charge is 0.471 e. The minimum absolute atomic E-state index is 0. The van der Waals surface area contributed by atoms with E-state index in [0.717, 1.165) is 0 Å². The third-order valence-corrected chi connectivity index (χ3v) is 3.01. The van der Waals surface area contributed by atoms with E-state index >= 15 is 0 Å². The predicted molar refractivity (Wildman–Crippen MR) is 88.3 cm³/mol. The molecule has 0 saturated heterocycles. The Morgan fingerprint density at radius 1 is 1.11 bits per heavy atom. The largest absolute Gasteiger partial charge is 0.493 e. The SMILES string of the molecule is CC(C)COc1ccc(OCC(=O)OC(CO)CNC(=O)C(F)(F)F)cc1.[V]. The summed E-state index contributed by atoms with van der Waals surface area (Å²) in [6.07, 6.45) is -6.38. The zero-order chi connectivity index (χ0) is 20.4. The minimum Gasteiger partial charge on any atom is -0.493 e. The van der Waals surface area contributed by atoms with Gasteiger partial charge < -0.3 is 24.6 Å². The normalized spacial score (nSPS) is 12.0. The average Bonchev–Trinajstić information content (AvgIpc) is 2.61. The van der Waals surface area contributed by atoms with E-state index in [9.17, 15) is 22.8 Å². The summed E-state index contributed by atoms with van der Waals surface area (Å²) in [7, 11) is 0. The van der Waals surface area contributed by atoms with Crippen molar-refractivity contribution in [1.82, 2.24) is 5.32 Å². The van der Waals surface area contributed by atoms with Crippen molar-refractivity contribution in [2.75, 3.05) is 26.4 Å². The van der Waals surface area contributed by atoms with Crippen molar-refractivity contribution < 1.29 is 60.6 Å². The van der Waals surface area contributed by atoms with E-state index in [4.69, 9.17) is 19.3 Å². The number of aliphatic hydroxyl groups is 1. The molecule has 0 aliphatic rings. The number of carbonyl (C=O) groups excluding carboxylic acids is 2. The van der Waals surface area contributed by atoms with Gasteiger partial charge in [-0.3, -0.25) is 4.79 Å². The first kappa shape index (κ1) is 26.1. The summed E-state index contributed by atoms with van der Waals surface area (Å²) in [5, 5.41) is 10.6. The summed E-state index contributed by atoms with van der Waals surface area (Å²) in [6.45, 7) is 2.62. The van der Waals surface area contributed by atoms with Crippen LogP contribution in [-0.2, 0) is 32.9 Å². The summed E-state index contributed by atoms with van der Waals surface area (Å²) in [6, 6.07) is 6.48. The van der Waals surface area contributed by atoms with Gasteiger partial charge in [0.05, 0.1) is 19.8 Å². The number of hydrogen-bond acceptors (Lipinski definition) is 6. The van der Waals surface area contributed by atoms with Crippen molar-refractivity contribution in [3.05, 3.63) is 24.3 Å². The second kappa shape index (κ2) is 12.5. The quantitative estimate of drug-likeness (QED) is 0.534. The van der Waals surface area contributed by atoms with Crippen LogP contribution in [0.5, 0.6) is 11.5 Å². The van der Waals surface area contributed by atoms with Crippen molar-refractivity contribution in [2.45, 2.75) is 26.1 Å². The van der Waals surface area contributed by atoms with Gasteiger partial charge in [-0.25, -0.2) is 4.79 Å². The molecule has 0 aromatic heterocycles. The molecule has 1 aromatic carbocycles. The fraction of sp³-hybridized carbons (Fsp3) is 0.529. The molecule has 1 aromatic rings. The zero-order valence-electron chi connectivity index (χ0n) is 15.4. The Morgan fingerprint density at radius 3 is 2.11 bits per heavy atom. The average molecular weight is 444 g/mol. The maximum absolute atomic E-state index is 12.1. The number of carbonyl (C=O) groups is 2. The van der Waals surface area contributed by atoms with Crippen LogP contribution in [0.2, 0.25) is 0 Å². The number of nitrogens with one attached hydrogen (secondary N) is 1. The topological polar surface area (TPSA) is 94.1 Å². The molecule has 157 valence electrons. The van der Waals surface area contributed by atoms with Gasteiger partial charge in [0, 0.05) is 18.6 Å². The molecule has 1 amide bonds. The molecular formula is C17H22F3NO6V. The second-order valence-electron chi connectivity index (χ2n) is 5.97. The Kier molecular flexibility index (Phi) is 11.7. The van der Waals surface area contributed by atoms with Gasteiger partial charge in [-0.1, -0.05) is 13.8 Å². The molecule has 1 rings (SSSR count). The fourth-order valence-electron chi connectivity index (χ4n) is 1.71. The first-order chi connectivity index (χ1) is 12.6. The number of amides is 1. The van der Waals surface area contributed by atoms with Crippen molar-refractivity contribution in [3.63, 3.8) is 0 Å². The maximum Gasteiger partial charge on any atom is 0.471 e. The third kappa shape index (κ3) is 10.4. The molecule has 28 heavy (non-hydrogen) atoms. The van der Waals surface area contributed by atoms with E-state index in [1.807, 2.05) is 13.8 Å². The van der Waals surface area contributed by atoms with Gasteiger partial charge in [0.15, 0.2) is 6.61 Å². The summed E-state index contributed by atoms with van der Waals surface area (Å²) >= 11 is 0. The van der Waals surface area contributed by atoms with E-state index in [0.29, 0.717) is 24.0 Å². The number of benzene rings is 1. The van der Waals surface area contributed by atoms with Gasteiger partial charge >= 0.3 is 18.1 Å². The molecule has 0 saturated carbocycles. The van der Waals surface area contributed by atoms with Gasteiger partial charge in [-0.05, 0) is 30.2 Å². The van der Waals surface area contributed by atoms with Crippen LogP contribution in [0.4, 0.5) is 13.2 Å². The summed E-state index contributed by atoms with van der Waals surface area (Å²) in [5.41, 5.74) is 0. The van der Waals surface area contributed by atoms with Crippen molar-refractivity contribution in [1.29, 1.82) is 0 Å². The van der Waals surface area contributed by atoms with Crippen molar-refractivity contribution in [3.8, 4) is 11.5 Å². The third-order valence-electron chi connectivity index (χ3n) is 3.01. The van der Waals surface area contributed by atoms with Crippen LogP contribution in [0.3, 0.4) is 0 Å². The number of rotatable bonds is 10. The Hall–Kier alpha value is -1.91. The van der Waals surface area contributed by atoms with Crippen LogP contribution < -0.4 is 14.8 Å². The summed E-state index contributed by atoms with van der Waals surface area (Å²) in [4.78, 5) is 22.4. The van der Waals surface area contributed by atoms with Crippen LogP contribution in [0.15, 0.2) is 24.3 Å². The minimum atomic E-state index is -5.06. The van der Waals surface area contributed by atoms with Gasteiger partial charge in [-0.2, -0.15) is 13.2 Å². The maximum atomic E-state index is 12.1. The molecule has 7 nitrogen and oxygen atoms in total. The summed E-state index contributed by atoms with van der Waals surface area (Å²) < 4.78 is 51.7. The molecule has 0 spiro atoms. The fourth-order valence-corrected chi connectivity index (χ4v) is 1.71. The Balaban J connectivity index is 0.00000729. The van der Waals surface area contributed by atoms with Crippen LogP contribution in [-0.4, -0.2) is 55.6 Å². The zero-order valence-corrected chi connectivity index (χ0v) is 16.8. The number of alkyl halides is 3. The van der Waals surface area contributed by atoms with E-state index < -0.39 is 43.9 Å². The van der Waals surface area contributed by atoms with Gasteiger partial charge in [0.2, 0.25) is 0 Å². The second-order valence-corrected chi connectivity index (χ2v) is 5.97.